The first-order chi connectivity index (χ1) is 5.31. The summed E-state index contributed by atoms with van der Waals surface area (Å²) in [6, 6.07) is 0. The zero-order valence-corrected chi connectivity index (χ0v) is 12.0. The second-order valence-corrected chi connectivity index (χ2v) is 5.23. The molecule has 0 amide bonds. The van der Waals surface area contributed by atoms with E-state index in [1.54, 1.807) is 0 Å². The summed E-state index contributed by atoms with van der Waals surface area (Å²) >= 11 is 0. The van der Waals surface area contributed by atoms with E-state index in [1.165, 1.54) is 0 Å². The topological polar surface area (TPSA) is 20.2 Å². The van der Waals surface area contributed by atoms with E-state index in [1.807, 2.05) is 13.0 Å². The van der Waals surface area contributed by atoms with Crippen LogP contribution in [0.3, 0.4) is 0 Å². The van der Waals surface area contributed by atoms with Crippen LogP contribution in [0.2, 0.25) is 0 Å². The van der Waals surface area contributed by atoms with Crippen molar-refractivity contribution < 1.29 is 37.8 Å². The van der Waals surface area contributed by atoms with Gasteiger partial charge in [-0.15, -0.1) is 0 Å². The molecule has 0 aromatic heterocycles. The average molecular weight is 257 g/mol. The van der Waals surface area contributed by atoms with Gasteiger partial charge in [-0.3, -0.25) is 0 Å². The van der Waals surface area contributed by atoms with Crippen molar-refractivity contribution in [3.8, 4) is 0 Å². The van der Waals surface area contributed by atoms with E-state index in [0.29, 0.717) is 11.3 Å². The summed E-state index contributed by atoms with van der Waals surface area (Å²) in [6.07, 6.45) is 6.12. The Morgan fingerprint density at radius 3 is 2.23 bits per heavy atom. The van der Waals surface area contributed by atoms with E-state index >= 15 is 0 Å². The number of hydrogen-bond donors (Lipinski definition) is 1. The predicted octanol–water partition coefficient (Wildman–Crippen LogP) is 2.75. The largest absolute Gasteiger partial charge is 0.386 e. The number of allylic oxidation sites excluding steroid dienone is 1. The molecule has 1 aliphatic carbocycles. The van der Waals surface area contributed by atoms with Crippen LogP contribution in [0, 0.1) is 11.3 Å². The summed E-state index contributed by atoms with van der Waals surface area (Å²) in [5, 5.41) is 9.67. The maximum atomic E-state index is 9.67. The number of rotatable bonds is 0. The molecule has 2 unspecified atom stereocenters. The summed E-state index contributed by atoms with van der Waals surface area (Å²) in [6.45, 7) is 8.63. The van der Waals surface area contributed by atoms with Crippen LogP contribution in [0.1, 0.15) is 40.5 Å². The van der Waals surface area contributed by atoms with Crippen molar-refractivity contribution in [2.75, 3.05) is 0 Å². The minimum absolute atomic E-state index is 0. The van der Waals surface area contributed by atoms with Crippen LogP contribution >= 0.6 is 0 Å². The minimum atomic E-state index is -0.554. The quantitative estimate of drug-likeness (QED) is 0.661. The van der Waals surface area contributed by atoms with Crippen molar-refractivity contribution in [3.05, 3.63) is 12.2 Å². The van der Waals surface area contributed by atoms with E-state index in [0.717, 1.165) is 12.8 Å². The van der Waals surface area contributed by atoms with Gasteiger partial charge in [0.15, 0.2) is 0 Å². The SMILES string of the molecule is CC1(O)C=CC(C(C)(C)C)CC1.[Y]. The van der Waals surface area contributed by atoms with Gasteiger partial charge in [0.25, 0.3) is 0 Å². The van der Waals surface area contributed by atoms with Crippen molar-refractivity contribution in [2.24, 2.45) is 11.3 Å². The Labute approximate surface area is 107 Å². The monoisotopic (exact) mass is 257 g/mol. The Hall–Kier alpha value is 0.804. The molecule has 0 aliphatic heterocycles. The molecule has 2 atom stereocenters. The molecule has 0 saturated carbocycles. The molecule has 0 spiro atoms. The molecule has 73 valence electrons. The van der Waals surface area contributed by atoms with Gasteiger partial charge >= 0.3 is 0 Å². The molecule has 1 aliphatic rings. The van der Waals surface area contributed by atoms with Crippen LogP contribution in [0.4, 0.5) is 0 Å². The molecule has 0 bridgehead atoms. The van der Waals surface area contributed by atoms with E-state index in [9.17, 15) is 5.11 Å². The molecular formula is C11H20OY. The van der Waals surface area contributed by atoms with Gasteiger partial charge in [-0.1, -0.05) is 32.9 Å². The van der Waals surface area contributed by atoms with Gasteiger partial charge in [-0.25, -0.2) is 0 Å². The summed E-state index contributed by atoms with van der Waals surface area (Å²) in [4.78, 5) is 0. The van der Waals surface area contributed by atoms with Crippen molar-refractivity contribution in [1.82, 2.24) is 0 Å². The maximum absolute atomic E-state index is 9.67. The van der Waals surface area contributed by atoms with Crippen molar-refractivity contribution >= 4 is 0 Å². The van der Waals surface area contributed by atoms with Crippen LogP contribution in [0.15, 0.2) is 12.2 Å². The fourth-order valence-corrected chi connectivity index (χ4v) is 1.67. The third-order valence-corrected chi connectivity index (χ3v) is 2.76. The molecule has 0 aromatic carbocycles. The molecule has 1 radical (unpaired) electrons. The van der Waals surface area contributed by atoms with Crippen LogP contribution in [-0.4, -0.2) is 10.7 Å². The molecule has 0 fully saturated rings. The normalized spacial score (nSPS) is 34.1. The first-order valence-corrected chi connectivity index (χ1v) is 4.73. The molecule has 13 heavy (non-hydrogen) atoms. The molecule has 1 nitrogen and oxygen atoms in total. The van der Waals surface area contributed by atoms with Crippen LogP contribution in [-0.2, 0) is 32.7 Å². The Balaban J connectivity index is 0.00000144. The number of hydrogen-bond acceptors (Lipinski definition) is 1. The van der Waals surface area contributed by atoms with Crippen LogP contribution in [0.5, 0.6) is 0 Å². The van der Waals surface area contributed by atoms with Crippen molar-refractivity contribution in [2.45, 2.75) is 46.1 Å². The van der Waals surface area contributed by atoms with Gasteiger partial charge in [0.05, 0.1) is 5.60 Å². The van der Waals surface area contributed by atoms with Crippen molar-refractivity contribution in [1.29, 1.82) is 0 Å². The van der Waals surface area contributed by atoms with Gasteiger partial charge < -0.3 is 5.11 Å². The molecule has 2 heteroatoms. The minimum Gasteiger partial charge on any atom is -0.386 e. The van der Waals surface area contributed by atoms with E-state index in [4.69, 9.17) is 0 Å². The Morgan fingerprint density at radius 1 is 1.38 bits per heavy atom. The van der Waals surface area contributed by atoms with Crippen LogP contribution in [0.25, 0.3) is 0 Å². The van der Waals surface area contributed by atoms with Crippen LogP contribution < -0.4 is 0 Å². The average Bonchev–Trinajstić information content (AvgIpc) is 1.83. The molecule has 1 N–H and O–H groups in total. The second kappa shape index (κ2) is 4.55. The standard InChI is InChI=1S/C11H20O.Y/c1-10(2,3)9-5-7-11(4,12)8-6-9;/h5,7,9,12H,6,8H2,1-4H3;. The smallest absolute Gasteiger partial charge is 0.0800 e. The van der Waals surface area contributed by atoms with Gasteiger partial charge in [0, 0.05) is 32.7 Å². The molecule has 1 rings (SSSR count). The summed E-state index contributed by atoms with van der Waals surface area (Å²) in [7, 11) is 0. The van der Waals surface area contributed by atoms with Gasteiger partial charge in [0.2, 0.25) is 0 Å². The third-order valence-electron chi connectivity index (χ3n) is 2.76. The van der Waals surface area contributed by atoms with E-state index in [-0.39, 0.29) is 32.7 Å². The summed E-state index contributed by atoms with van der Waals surface area (Å²) in [5.41, 5.74) is -0.214. The fourth-order valence-electron chi connectivity index (χ4n) is 1.67. The van der Waals surface area contributed by atoms with Gasteiger partial charge in [0.1, 0.15) is 0 Å². The number of aliphatic hydroxyl groups is 1. The molecular weight excluding hydrogens is 237 g/mol. The summed E-state index contributed by atoms with van der Waals surface area (Å²) < 4.78 is 0. The predicted molar refractivity (Wildman–Crippen MR) is 51.9 cm³/mol. The molecule has 0 heterocycles. The van der Waals surface area contributed by atoms with E-state index in [2.05, 4.69) is 26.8 Å². The summed E-state index contributed by atoms with van der Waals surface area (Å²) in [5.74, 6) is 0.623. The zero-order chi connectivity index (χ0) is 9.41. The van der Waals surface area contributed by atoms with E-state index < -0.39 is 5.60 Å². The maximum Gasteiger partial charge on any atom is 0.0800 e. The fraction of sp³-hybridized carbons (Fsp3) is 0.818. The van der Waals surface area contributed by atoms with Crippen molar-refractivity contribution in [3.63, 3.8) is 0 Å². The van der Waals surface area contributed by atoms with Gasteiger partial charge in [-0.05, 0) is 31.1 Å². The molecule has 0 saturated heterocycles. The second-order valence-electron chi connectivity index (χ2n) is 5.23. The Bertz CT molecular complexity index is 189. The Kier molecular flexibility index (Phi) is 4.83. The first kappa shape index (κ1) is 13.8. The first-order valence-electron chi connectivity index (χ1n) is 4.73. The van der Waals surface area contributed by atoms with Gasteiger partial charge in [-0.2, -0.15) is 0 Å². The molecule has 0 aromatic rings. The zero-order valence-electron chi connectivity index (χ0n) is 9.17. The Morgan fingerprint density at radius 2 is 1.92 bits per heavy atom. The third kappa shape index (κ3) is 4.23.